The van der Waals surface area contributed by atoms with Crippen molar-refractivity contribution in [1.82, 2.24) is 14.8 Å². The van der Waals surface area contributed by atoms with E-state index in [0.717, 1.165) is 4.68 Å². The summed E-state index contributed by atoms with van der Waals surface area (Å²) in [7, 11) is 1.47. The van der Waals surface area contributed by atoms with Crippen LogP contribution in [0.1, 0.15) is 34.6 Å². The highest BCUT2D eigenvalue weighted by atomic mass is 16.6. The standard InChI is InChI=1S/C14H18N6O3.C2H6/c1-14(2,3)23-13(22)20-7-8(5-18-20)9-6-17-12(21)10(15)11(9)19-16-4;1-2/h5-7H,15H2,1-4H3,(H,17,21);1-2H3. The molecule has 0 aliphatic carbocycles. The molecule has 0 spiro atoms. The molecule has 0 aliphatic heterocycles. The maximum Gasteiger partial charge on any atom is 0.435 e. The van der Waals surface area contributed by atoms with Gasteiger partial charge in [0.05, 0.1) is 6.20 Å². The van der Waals surface area contributed by atoms with Crippen molar-refractivity contribution in [2.45, 2.75) is 40.2 Å². The molecule has 2 aromatic heterocycles. The lowest BCUT2D eigenvalue weighted by molar-refractivity contribution is 0.0514. The number of nitrogens with zero attached hydrogens (tertiary/aromatic N) is 4. The summed E-state index contributed by atoms with van der Waals surface area (Å²) >= 11 is 0. The van der Waals surface area contributed by atoms with Gasteiger partial charge in [-0.3, -0.25) is 4.79 Å². The number of nitrogen functional groups attached to an aromatic ring is 1. The minimum Gasteiger partial charge on any atom is -0.442 e. The number of rotatable bonds is 2. The Morgan fingerprint density at radius 1 is 1.36 bits per heavy atom. The fraction of sp³-hybridized carbons (Fsp3) is 0.438. The predicted molar refractivity (Wildman–Crippen MR) is 96.1 cm³/mol. The number of carbonyl (C=O) groups is 1. The molecule has 0 aliphatic rings. The maximum absolute atomic E-state index is 12.0. The molecule has 0 unspecified atom stereocenters. The van der Waals surface area contributed by atoms with Crippen LogP contribution in [0.3, 0.4) is 0 Å². The molecule has 2 heterocycles. The van der Waals surface area contributed by atoms with Crippen molar-refractivity contribution in [2.24, 2.45) is 10.2 Å². The van der Waals surface area contributed by atoms with Crippen LogP contribution in [0, 0.1) is 0 Å². The Morgan fingerprint density at radius 2 is 2.00 bits per heavy atom. The van der Waals surface area contributed by atoms with Gasteiger partial charge in [0.25, 0.3) is 5.56 Å². The van der Waals surface area contributed by atoms with E-state index in [1.54, 1.807) is 20.8 Å². The average molecular weight is 348 g/mol. The van der Waals surface area contributed by atoms with Gasteiger partial charge in [-0.15, -0.1) is 0 Å². The van der Waals surface area contributed by atoms with Crippen LogP contribution in [0.5, 0.6) is 0 Å². The number of anilines is 1. The van der Waals surface area contributed by atoms with E-state index >= 15 is 0 Å². The third-order valence-corrected chi connectivity index (χ3v) is 2.78. The molecule has 0 aromatic carbocycles. The first-order chi connectivity index (χ1) is 11.7. The summed E-state index contributed by atoms with van der Waals surface area (Å²) in [5.74, 6) is 0. The number of hydrogen-bond acceptors (Lipinski definition) is 7. The predicted octanol–water partition coefficient (Wildman–Crippen LogP) is 3.34. The molecule has 0 atom stereocenters. The molecule has 25 heavy (non-hydrogen) atoms. The maximum atomic E-state index is 12.0. The van der Waals surface area contributed by atoms with Crippen molar-refractivity contribution in [3.63, 3.8) is 0 Å². The number of aromatic nitrogens is 3. The highest BCUT2D eigenvalue weighted by Gasteiger charge is 2.20. The van der Waals surface area contributed by atoms with Gasteiger partial charge in [-0.2, -0.15) is 20.0 Å². The summed E-state index contributed by atoms with van der Waals surface area (Å²) in [6.07, 6.45) is 3.75. The number of nitrogens with two attached hydrogens (primary N) is 1. The fourth-order valence-corrected chi connectivity index (χ4v) is 1.83. The van der Waals surface area contributed by atoms with Crippen molar-refractivity contribution in [3.05, 3.63) is 28.9 Å². The largest absolute Gasteiger partial charge is 0.442 e. The summed E-state index contributed by atoms with van der Waals surface area (Å²) in [5.41, 5.74) is 5.86. The third kappa shape index (κ3) is 5.00. The molecular weight excluding hydrogens is 324 g/mol. The summed E-state index contributed by atoms with van der Waals surface area (Å²) < 4.78 is 6.29. The Balaban J connectivity index is 0.00000151. The van der Waals surface area contributed by atoms with Gasteiger partial charge in [-0.05, 0) is 20.8 Å². The van der Waals surface area contributed by atoms with Crippen LogP contribution in [-0.4, -0.2) is 33.5 Å². The monoisotopic (exact) mass is 348 g/mol. The SMILES string of the molecule is CC.CN=Nc1c(-c2cnn(C(=O)OC(C)(C)C)c2)c[nH]c(=O)c1N. The second kappa shape index (κ2) is 8.22. The van der Waals surface area contributed by atoms with Crippen LogP contribution in [0.2, 0.25) is 0 Å². The van der Waals surface area contributed by atoms with E-state index in [-0.39, 0.29) is 11.4 Å². The second-order valence-electron chi connectivity index (χ2n) is 5.75. The lowest BCUT2D eigenvalue weighted by Crippen LogP contribution is -2.27. The van der Waals surface area contributed by atoms with Crippen molar-refractivity contribution in [3.8, 4) is 11.1 Å². The minimum absolute atomic E-state index is 0.0573. The van der Waals surface area contributed by atoms with Crippen molar-refractivity contribution >= 4 is 17.5 Å². The summed E-state index contributed by atoms with van der Waals surface area (Å²) in [5, 5.41) is 11.5. The lowest BCUT2D eigenvalue weighted by Gasteiger charge is -2.18. The number of H-pyrrole nitrogens is 1. The Bertz CT molecular complexity index is 814. The fourth-order valence-electron chi connectivity index (χ4n) is 1.83. The van der Waals surface area contributed by atoms with Crippen LogP contribution in [-0.2, 0) is 4.74 Å². The van der Waals surface area contributed by atoms with Crippen LogP contribution >= 0.6 is 0 Å². The first kappa shape index (κ1) is 20.1. The van der Waals surface area contributed by atoms with E-state index in [1.807, 2.05) is 13.8 Å². The van der Waals surface area contributed by atoms with Crippen LogP contribution in [0.15, 0.2) is 33.6 Å². The van der Waals surface area contributed by atoms with E-state index in [9.17, 15) is 9.59 Å². The quantitative estimate of drug-likeness (QED) is 0.804. The number of hydrogen-bond donors (Lipinski definition) is 2. The van der Waals surface area contributed by atoms with Gasteiger partial charge in [0.1, 0.15) is 17.0 Å². The van der Waals surface area contributed by atoms with Gasteiger partial charge in [0, 0.05) is 30.6 Å². The van der Waals surface area contributed by atoms with Gasteiger partial charge in [0.2, 0.25) is 0 Å². The average Bonchev–Trinajstić information content (AvgIpc) is 3.02. The zero-order valence-electron chi connectivity index (χ0n) is 15.3. The van der Waals surface area contributed by atoms with Gasteiger partial charge in [-0.1, -0.05) is 13.8 Å². The van der Waals surface area contributed by atoms with Crippen molar-refractivity contribution in [2.75, 3.05) is 12.8 Å². The first-order valence-corrected chi connectivity index (χ1v) is 7.82. The van der Waals surface area contributed by atoms with E-state index in [2.05, 4.69) is 20.3 Å². The highest BCUT2D eigenvalue weighted by Crippen LogP contribution is 2.32. The summed E-state index contributed by atoms with van der Waals surface area (Å²) in [6, 6.07) is 0. The number of nitrogens with one attached hydrogen (secondary N) is 1. The molecule has 0 radical (unpaired) electrons. The van der Waals surface area contributed by atoms with Crippen molar-refractivity contribution in [1.29, 1.82) is 0 Å². The molecule has 9 nitrogen and oxygen atoms in total. The van der Waals surface area contributed by atoms with Crippen LogP contribution in [0.25, 0.3) is 11.1 Å². The zero-order chi connectivity index (χ0) is 19.2. The number of aromatic amines is 1. The number of pyridine rings is 1. The molecule has 0 saturated carbocycles. The molecule has 136 valence electrons. The molecule has 0 fully saturated rings. The molecule has 0 bridgehead atoms. The normalized spacial score (nSPS) is 11.1. The topological polar surface area (TPSA) is 128 Å². The number of carbonyl (C=O) groups excluding carboxylic acids is 1. The van der Waals surface area contributed by atoms with E-state index in [4.69, 9.17) is 10.5 Å². The van der Waals surface area contributed by atoms with Gasteiger partial charge in [-0.25, -0.2) is 4.79 Å². The molecule has 2 rings (SSSR count). The minimum atomic E-state index is -0.632. The highest BCUT2D eigenvalue weighted by molar-refractivity contribution is 5.83. The summed E-state index contributed by atoms with van der Waals surface area (Å²) in [6.45, 7) is 9.28. The van der Waals surface area contributed by atoms with Crippen molar-refractivity contribution < 1.29 is 9.53 Å². The molecule has 9 heteroatoms. The van der Waals surface area contributed by atoms with Crippen LogP contribution < -0.4 is 11.3 Å². The summed E-state index contributed by atoms with van der Waals surface area (Å²) in [4.78, 5) is 26.1. The lowest BCUT2D eigenvalue weighted by atomic mass is 10.1. The molecule has 0 amide bonds. The molecule has 3 N–H and O–H groups in total. The second-order valence-corrected chi connectivity index (χ2v) is 5.75. The Kier molecular flexibility index (Phi) is 6.60. The third-order valence-electron chi connectivity index (χ3n) is 2.78. The first-order valence-electron chi connectivity index (χ1n) is 7.82. The molecule has 0 saturated heterocycles. The van der Waals surface area contributed by atoms with Gasteiger partial charge in [0.15, 0.2) is 0 Å². The molecule has 2 aromatic rings. The Labute approximate surface area is 145 Å². The number of azo groups is 1. The zero-order valence-corrected chi connectivity index (χ0v) is 15.3. The Hall–Kier alpha value is -2.97. The molecular formula is C16H24N6O3. The van der Waals surface area contributed by atoms with Gasteiger partial charge >= 0.3 is 6.09 Å². The number of ether oxygens (including phenoxy) is 1. The van der Waals surface area contributed by atoms with E-state index in [1.165, 1.54) is 25.6 Å². The smallest absolute Gasteiger partial charge is 0.435 e. The Morgan fingerprint density at radius 3 is 2.56 bits per heavy atom. The van der Waals surface area contributed by atoms with E-state index < -0.39 is 17.3 Å². The van der Waals surface area contributed by atoms with Gasteiger partial charge < -0.3 is 15.5 Å². The van der Waals surface area contributed by atoms with E-state index in [0.29, 0.717) is 11.1 Å². The van der Waals surface area contributed by atoms with Crippen LogP contribution in [0.4, 0.5) is 16.2 Å².